The second-order valence-electron chi connectivity index (χ2n) is 5.74. The number of benzene rings is 1. The highest BCUT2D eigenvalue weighted by Gasteiger charge is 2.29. The summed E-state index contributed by atoms with van der Waals surface area (Å²) in [4.78, 5) is 2.61. The standard InChI is InChI=1S/C15H23BrN2/c1-11(2)7-8-18(14-4-5-14)10-12-9-13(17)3-6-15(12)16/h3,6,9,11,14H,4-5,7-8,10,17H2,1-2H3. The smallest absolute Gasteiger partial charge is 0.0318 e. The molecule has 2 N–H and O–H groups in total. The van der Waals surface area contributed by atoms with Crippen molar-refractivity contribution in [1.82, 2.24) is 4.90 Å². The van der Waals surface area contributed by atoms with Crippen LogP contribution in [-0.2, 0) is 6.54 Å². The van der Waals surface area contributed by atoms with E-state index in [0.29, 0.717) is 0 Å². The SMILES string of the molecule is CC(C)CCN(Cc1cc(N)ccc1Br)C1CC1. The molecule has 0 bridgehead atoms. The topological polar surface area (TPSA) is 29.3 Å². The van der Waals surface area contributed by atoms with Crippen LogP contribution in [0.15, 0.2) is 22.7 Å². The third-order valence-corrected chi connectivity index (χ3v) is 4.27. The number of nitrogens with zero attached hydrogens (tertiary/aromatic N) is 1. The average Bonchev–Trinajstić information content (AvgIpc) is 3.12. The molecule has 0 amide bonds. The van der Waals surface area contributed by atoms with E-state index in [2.05, 4.69) is 46.8 Å². The fourth-order valence-corrected chi connectivity index (χ4v) is 2.56. The van der Waals surface area contributed by atoms with E-state index in [0.717, 1.165) is 24.2 Å². The molecule has 100 valence electrons. The van der Waals surface area contributed by atoms with E-state index in [-0.39, 0.29) is 0 Å². The monoisotopic (exact) mass is 310 g/mol. The van der Waals surface area contributed by atoms with Gasteiger partial charge in [0.05, 0.1) is 0 Å². The molecule has 3 heteroatoms. The minimum Gasteiger partial charge on any atom is -0.399 e. The molecule has 1 aliphatic carbocycles. The molecule has 0 heterocycles. The van der Waals surface area contributed by atoms with Gasteiger partial charge in [-0.25, -0.2) is 0 Å². The fourth-order valence-electron chi connectivity index (χ4n) is 2.19. The number of nitrogen functional groups attached to an aromatic ring is 1. The van der Waals surface area contributed by atoms with E-state index in [1.54, 1.807) is 0 Å². The van der Waals surface area contributed by atoms with Crippen molar-refractivity contribution in [3.8, 4) is 0 Å². The van der Waals surface area contributed by atoms with Crippen LogP contribution in [0.25, 0.3) is 0 Å². The molecular weight excluding hydrogens is 288 g/mol. The van der Waals surface area contributed by atoms with Gasteiger partial charge in [-0.2, -0.15) is 0 Å². The van der Waals surface area contributed by atoms with E-state index < -0.39 is 0 Å². The van der Waals surface area contributed by atoms with Crippen LogP contribution in [0.5, 0.6) is 0 Å². The molecule has 1 saturated carbocycles. The third-order valence-electron chi connectivity index (χ3n) is 3.50. The predicted octanol–water partition coefficient (Wildman–Crippen LogP) is 4.04. The number of hydrogen-bond acceptors (Lipinski definition) is 2. The maximum atomic E-state index is 5.88. The van der Waals surface area contributed by atoms with Crippen molar-refractivity contribution in [3.63, 3.8) is 0 Å². The van der Waals surface area contributed by atoms with Crippen LogP contribution in [-0.4, -0.2) is 17.5 Å². The van der Waals surface area contributed by atoms with Crippen molar-refractivity contribution >= 4 is 21.6 Å². The lowest BCUT2D eigenvalue weighted by molar-refractivity contribution is 0.239. The molecule has 1 fully saturated rings. The van der Waals surface area contributed by atoms with Crippen molar-refractivity contribution in [2.75, 3.05) is 12.3 Å². The van der Waals surface area contributed by atoms with Gasteiger partial charge in [-0.05, 0) is 55.5 Å². The van der Waals surface area contributed by atoms with E-state index in [9.17, 15) is 0 Å². The Morgan fingerprint density at radius 3 is 2.72 bits per heavy atom. The molecule has 18 heavy (non-hydrogen) atoms. The minimum absolute atomic E-state index is 0.774. The van der Waals surface area contributed by atoms with Gasteiger partial charge in [-0.15, -0.1) is 0 Å². The lowest BCUT2D eigenvalue weighted by Crippen LogP contribution is -2.27. The summed E-state index contributed by atoms with van der Waals surface area (Å²) in [5.41, 5.74) is 8.04. The van der Waals surface area contributed by atoms with Crippen molar-refractivity contribution in [3.05, 3.63) is 28.2 Å². The van der Waals surface area contributed by atoms with Crippen LogP contribution in [0.4, 0.5) is 5.69 Å². The average molecular weight is 311 g/mol. The number of rotatable bonds is 6. The number of nitrogens with two attached hydrogens (primary N) is 1. The maximum Gasteiger partial charge on any atom is 0.0318 e. The molecule has 0 radical (unpaired) electrons. The summed E-state index contributed by atoms with van der Waals surface area (Å²) >= 11 is 3.63. The Labute approximate surface area is 119 Å². The minimum atomic E-state index is 0.774. The molecule has 1 aromatic rings. The highest BCUT2D eigenvalue weighted by Crippen LogP contribution is 2.30. The van der Waals surface area contributed by atoms with Crippen LogP contribution in [0.3, 0.4) is 0 Å². The third kappa shape index (κ3) is 3.99. The molecule has 0 unspecified atom stereocenters. The van der Waals surface area contributed by atoms with Crippen molar-refractivity contribution < 1.29 is 0 Å². The van der Waals surface area contributed by atoms with Crippen LogP contribution in [0, 0.1) is 5.92 Å². The summed E-state index contributed by atoms with van der Waals surface area (Å²) < 4.78 is 1.17. The zero-order chi connectivity index (χ0) is 13.1. The van der Waals surface area contributed by atoms with E-state index >= 15 is 0 Å². The number of anilines is 1. The van der Waals surface area contributed by atoms with Crippen LogP contribution in [0.1, 0.15) is 38.7 Å². The van der Waals surface area contributed by atoms with Gasteiger partial charge in [0.2, 0.25) is 0 Å². The molecule has 0 atom stereocenters. The maximum absolute atomic E-state index is 5.88. The lowest BCUT2D eigenvalue weighted by Gasteiger charge is -2.23. The highest BCUT2D eigenvalue weighted by atomic mass is 79.9. The van der Waals surface area contributed by atoms with Gasteiger partial charge < -0.3 is 5.73 Å². The first-order valence-electron chi connectivity index (χ1n) is 6.84. The summed E-state index contributed by atoms with van der Waals surface area (Å²) in [5, 5.41) is 0. The fraction of sp³-hybridized carbons (Fsp3) is 0.600. The highest BCUT2D eigenvalue weighted by molar-refractivity contribution is 9.10. The van der Waals surface area contributed by atoms with Gasteiger partial charge in [0.1, 0.15) is 0 Å². The molecule has 2 rings (SSSR count). The Morgan fingerprint density at radius 1 is 1.39 bits per heavy atom. The summed E-state index contributed by atoms with van der Waals surface area (Å²) in [5.74, 6) is 0.774. The second-order valence-corrected chi connectivity index (χ2v) is 6.59. The number of halogens is 1. The first-order valence-corrected chi connectivity index (χ1v) is 7.63. The molecule has 1 aromatic carbocycles. The van der Waals surface area contributed by atoms with Gasteiger partial charge >= 0.3 is 0 Å². The Balaban J connectivity index is 2.01. The molecule has 0 aliphatic heterocycles. The van der Waals surface area contributed by atoms with Crippen molar-refractivity contribution in [2.24, 2.45) is 5.92 Å². The molecule has 2 nitrogen and oxygen atoms in total. The number of hydrogen-bond donors (Lipinski definition) is 1. The summed E-state index contributed by atoms with van der Waals surface area (Å²) in [6.45, 7) is 6.80. The second kappa shape index (κ2) is 6.07. The zero-order valence-corrected chi connectivity index (χ0v) is 12.9. The van der Waals surface area contributed by atoms with Gasteiger partial charge in [0.15, 0.2) is 0 Å². The summed E-state index contributed by atoms with van der Waals surface area (Å²) in [7, 11) is 0. The first-order chi connectivity index (χ1) is 8.56. The molecule has 0 aromatic heterocycles. The summed E-state index contributed by atoms with van der Waals surface area (Å²) in [6, 6.07) is 6.90. The van der Waals surface area contributed by atoms with Crippen molar-refractivity contribution in [1.29, 1.82) is 0 Å². The molecular formula is C15H23BrN2. The molecule has 0 spiro atoms. The molecule has 0 saturated heterocycles. The Hall–Kier alpha value is -0.540. The normalized spacial score (nSPS) is 15.6. The van der Waals surface area contributed by atoms with Crippen LogP contribution in [0.2, 0.25) is 0 Å². The van der Waals surface area contributed by atoms with Gasteiger partial charge in [-0.3, -0.25) is 4.90 Å². The Morgan fingerprint density at radius 2 is 2.11 bits per heavy atom. The summed E-state index contributed by atoms with van der Waals surface area (Å²) in [6.07, 6.45) is 3.99. The lowest BCUT2D eigenvalue weighted by atomic mass is 10.1. The van der Waals surface area contributed by atoms with Gasteiger partial charge in [-0.1, -0.05) is 29.8 Å². The van der Waals surface area contributed by atoms with Crippen LogP contribution < -0.4 is 5.73 Å². The predicted molar refractivity (Wildman–Crippen MR) is 81.4 cm³/mol. The van der Waals surface area contributed by atoms with Crippen molar-refractivity contribution in [2.45, 2.75) is 45.7 Å². The van der Waals surface area contributed by atoms with E-state index in [4.69, 9.17) is 5.73 Å². The van der Waals surface area contributed by atoms with E-state index in [1.165, 1.54) is 35.8 Å². The van der Waals surface area contributed by atoms with Crippen LogP contribution >= 0.6 is 15.9 Å². The van der Waals surface area contributed by atoms with Gasteiger partial charge in [0, 0.05) is 22.7 Å². The zero-order valence-electron chi connectivity index (χ0n) is 11.3. The molecule has 1 aliphatic rings. The Bertz CT molecular complexity index is 399. The van der Waals surface area contributed by atoms with E-state index in [1.807, 2.05) is 6.07 Å². The Kier molecular flexibility index (Phi) is 4.68. The quantitative estimate of drug-likeness (QED) is 0.803. The first kappa shape index (κ1) is 13.9. The van der Waals surface area contributed by atoms with Gasteiger partial charge in [0.25, 0.3) is 0 Å². The largest absolute Gasteiger partial charge is 0.399 e.